The van der Waals surface area contributed by atoms with Crippen LogP contribution in [0.25, 0.3) is 0 Å². The van der Waals surface area contributed by atoms with Crippen molar-refractivity contribution >= 4 is 5.78 Å². The van der Waals surface area contributed by atoms with Gasteiger partial charge < -0.3 is 0 Å². The van der Waals surface area contributed by atoms with Crippen LogP contribution in [0.4, 0.5) is 0 Å². The number of carbonyl (C=O) groups excluding carboxylic acids is 1. The Kier molecular flexibility index (Phi) is 2.37. The maximum absolute atomic E-state index is 12.1. The average molecular weight is 206 g/mol. The molecule has 4 atom stereocenters. The minimum atomic E-state index is 0.379. The van der Waals surface area contributed by atoms with Crippen molar-refractivity contribution in [2.75, 3.05) is 0 Å². The van der Waals surface area contributed by atoms with Crippen molar-refractivity contribution in [3.8, 4) is 0 Å². The van der Waals surface area contributed by atoms with Crippen molar-refractivity contribution in [1.82, 2.24) is 0 Å². The fourth-order valence-corrected chi connectivity index (χ4v) is 3.93. The number of carbonyl (C=O) groups is 1. The van der Waals surface area contributed by atoms with Gasteiger partial charge in [-0.2, -0.15) is 0 Å². The summed E-state index contributed by atoms with van der Waals surface area (Å²) in [6, 6.07) is 0. The molecule has 4 unspecified atom stereocenters. The number of hydrogen-bond donors (Lipinski definition) is 0. The predicted octanol–water partition coefficient (Wildman–Crippen LogP) is 3.43. The van der Waals surface area contributed by atoms with Crippen LogP contribution in [0.3, 0.4) is 0 Å². The van der Waals surface area contributed by atoms with Crippen molar-refractivity contribution in [1.29, 1.82) is 0 Å². The standard InChI is InChI=1S/C14H22O/c1-9(11-4-5-11)14(15)8-13-7-10-2-3-12(13)6-10/h9-13H,2-8H2,1H3. The van der Waals surface area contributed by atoms with E-state index >= 15 is 0 Å². The van der Waals surface area contributed by atoms with Crippen LogP contribution >= 0.6 is 0 Å². The summed E-state index contributed by atoms with van der Waals surface area (Å²) in [5.41, 5.74) is 0. The second-order valence-electron chi connectivity index (χ2n) is 6.23. The Morgan fingerprint density at radius 2 is 2.00 bits per heavy atom. The molecule has 0 N–H and O–H groups in total. The van der Waals surface area contributed by atoms with Gasteiger partial charge in [-0.1, -0.05) is 13.3 Å². The minimum Gasteiger partial charge on any atom is -0.299 e. The SMILES string of the molecule is CC(C(=O)CC1CC2CCC1C2)C1CC1. The molecule has 15 heavy (non-hydrogen) atoms. The van der Waals surface area contributed by atoms with E-state index < -0.39 is 0 Å². The lowest BCUT2D eigenvalue weighted by Gasteiger charge is -2.22. The largest absolute Gasteiger partial charge is 0.299 e. The summed E-state index contributed by atoms with van der Waals surface area (Å²) in [7, 11) is 0. The molecule has 0 saturated heterocycles. The van der Waals surface area contributed by atoms with Crippen LogP contribution in [0, 0.1) is 29.6 Å². The highest BCUT2D eigenvalue weighted by Gasteiger charge is 2.41. The zero-order valence-electron chi connectivity index (χ0n) is 9.74. The number of fused-ring (bicyclic) bond motifs is 2. The fourth-order valence-electron chi connectivity index (χ4n) is 3.93. The molecule has 0 aliphatic heterocycles. The highest BCUT2D eigenvalue weighted by Crippen LogP contribution is 2.50. The van der Waals surface area contributed by atoms with Gasteiger partial charge in [0.15, 0.2) is 0 Å². The number of ketones is 1. The molecule has 84 valence electrons. The molecule has 3 fully saturated rings. The van der Waals surface area contributed by atoms with Gasteiger partial charge in [0.2, 0.25) is 0 Å². The lowest BCUT2D eigenvalue weighted by Crippen LogP contribution is -2.20. The highest BCUT2D eigenvalue weighted by molar-refractivity contribution is 5.81. The first-order chi connectivity index (χ1) is 7.24. The average Bonchev–Trinajstić information content (AvgIpc) is 2.88. The van der Waals surface area contributed by atoms with Gasteiger partial charge in [-0.25, -0.2) is 0 Å². The third-order valence-corrected chi connectivity index (χ3v) is 5.18. The van der Waals surface area contributed by atoms with Gasteiger partial charge in [0.05, 0.1) is 0 Å². The number of rotatable bonds is 4. The molecule has 0 aromatic rings. The first-order valence-electron chi connectivity index (χ1n) is 6.76. The molecular formula is C14H22O. The molecule has 3 rings (SSSR count). The van der Waals surface area contributed by atoms with E-state index in [1.54, 1.807) is 0 Å². The molecule has 0 radical (unpaired) electrons. The van der Waals surface area contributed by atoms with E-state index in [2.05, 4.69) is 6.92 Å². The molecule has 1 heteroatoms. The van der Waals surface area contributed by atoms with E-state index in [0.29, 0.717) is 11.7 Å². The third kappa shape index (κ3) is 1.86. The van der Waals surface area contributed by atoms with Gasteiger partial charge in [-0.3, -0.25) is 4.79 Å². The zero-order chi connectivity index (χ0) is 10.4. The van der Waals surface area contributed by atoms with Crippen molar-refractivity contribution in [2.24, 2.45) is 29.6 Å². The lowest BCUT2D eigenvalue weighted by atomic mass is 9.82. The Morgan fingerprint density at radius 3 is 2.53 bits per heavy atom. The summed E-state index contributed by atoms with van der Waals surface area (Å²) < 4.78 is 0. The molecule has 0 aromatic heterocycles. The lowest BCUT2D eigenvalue weighted by molar-refractivity contribution is -0.124. The Bertz CT molecular complexity index is 267. The van der Waals surface area contributed by atoms with Crippen molar-refractivity contribution in [3.63, 3.8) is 0 Å². The first kappa shape index (κ1) is 9.86. The summed E-state index contributed by atoms with van der Waals surface area (Å²) in [6.07, 6.45) is 9.21. The summed E-state index contributed by atoms with van der Waals surface area (Å²) in [6.45, 7) is 2.16. The van der Waals surface area contributed by atoms with Gasteiger partial charge in [-0.15, -0.1) is 0 Å². The molecule has 1 nitrogen and oxygen atoms in total. The highest BCUT2D eigenvalue weighted by atomic mass is 16.1. The van der Waals surface area contributed by atoms with Gasteiger partial charge in [0, 0.05) is 12.3 Å². The van der Waals surface area contributed by atoms with E-state index in [0.717, 1.165) is 30.1 Å². The number of hydrogen-bond acceptors (Lipinski definition) is 1. The van der Waals surface area contributed by atoms with Crippen molar-refractivity contribution in [3.05, 3.63) is 0 Å². The Labute approximate surface area is 92.6 Å². The number of Topliss-reactive ketones (excluding diaryl/α,β-unsaturated/α-hetero) is 1. The van der Waals surface area contributed by atoms with Crippen LogP contribution in [0.1, 0.15) is 51.9 Å². The summed E-state index contributed by atoms with van der Waals surface area (Å²) in [5.74, 6) is 4.40. The summed E-state index contributed by atoms with van der Waals surface area (Å²) in [4.78, 5) is 12.1. The summed E-state index contributed by atoms with van der Waals surface area (Å²) >= 11 is 0. The topological polar surface area (TPSA) is 17.1 Å². The molecule has 3 saturated carbocycles. The normalized spacial score (nSPS) is 40.7. The molecule has 3 aliphatic rings. The van der Waals surface area contributed by atoms with Gasteiger partial charge in [0.1, 0.15) is 5.78 Å². The monoisotopic (exact) mass is 206 g/mol. The van der Waals surface area contributed by atoms with Crippen LogP contribution in [0.15, 0.2) is 0 Å². The van der Waals surface area contributed by atoms with Crippen LogP contribution in [0.2, 0.25) is 0 Å². The first-order valence-corrected chi connectivity index (χ1v) is 6.76. The second kappa shape index (κ2) is 3.61. The summed E-state index contributed by atoms with van der Waals surface area (Å²) in [5, 5.41) is 0. The predicted molar refractivity (Wildman–Crippen MR) is 60.5 cm³/mol. The van der Waals surface area contributed by atoms with Gasteiger partial charge in [-0.05, 0) is 55.8 Å². The molecule has 0 amide bonds. The maximum atomic E-state index is 12.1. The second-order valence-corrected chi connectivity index (χ2v) is 6.23. The smallest absolute Gasteiger partial charge is 0.136 e. The van der Waals surface area contributed by atoms with Crippen LogP contribution in [-0.2, 0) is 4.79 Å². The van der Waals surface area contributed by atoms with Crippen LogP contribution < -0.4 is 0 Å². The van der Waals surface area contributed by atoms with Crippen LogP contribution in [0.5, 0.6) is 0 Å². The molecule has 0 aromatic carbocycles. The molecule has 2 bridgehead atoms. The van der Waals surface area contributed by atoms with E-state index in [9.17, 15) is 4.79 Å². The Balaban J connectivity index is 1.54. The van der Waals surface area contributed by atoms with Gasteiger partial charge in [0.25, 0.3) is 0 Å². The Hall–Kier alpha value is -0.330. The van der Waals surface area contributed by atoms with Crippen LogP contribution in [-0.4, -0.2) is 5.78 Å². The molecule has 0 spiro atoms. The van der Waals surface area contributed by atoms with E-state index in [4.69, 9.17) is 0 Å². The maximum Gasteiger partial charge on any atom is 0.136 e. The van der Waals surface area contributed by atoms with Gasteiger partial charge >= 0.3 is 0 Å². The Morgan fingerprint density at radius 1 is 1.20 bits per heavy atom. The van der Waals surface area contributed by atoms with Crippen molar-refractivity contribution < 1.29 is 4.79 Å². The van der Waals surface area contributed by atoms with E-state index in [-0.39, 0.29) is 0 Å². The zero-order valence-corrected chi connectivity index (χ0v) is 9.74. The van der Waals surface area contributed by atoms with Crippen molar-refractivity contribution in [2.45, 2.75) is 51.9 Å². The molecule has 0 heterocycles. The fraction of sp³-hybridized carbons (Fsp3) is 0.929. The quantitative estimate of drug-likeness (QED) is 0.688. The van der Waals surface area contributed by atoms with E-state index in [1.807, 2.05) is 0 Å². The molecular weight excluding hydrogens is 184 g/mol. The third-order valence-electron chi connectivity index (χ3n) is 5.18. The molecule has 3 aliphatic carbocycles. The minimum absolute atomic E-state index is 0.379. The van der Waals surface area contributed by atoms with E-state index in [1.165, 1.54) is 38.5 Å².